The van der Waals surface area contributed by atoms with Crippen LogP contribution in [0, 0.1) is 0 Å². The largest absolute Gasteiger partial charge is 0.460 e. The zero-order valence-corrected chi connectivity index (χ0v) is 27.3. The smallest absolute Gasteiger partial charge is 0.391 e. The van der Waals surface area contributed by atoms with Crippen LogP contribution in [0.2, 0.25) is 0 Å². The molecule has 0 saturated heterocycles. The van der Waals surface area contributed by atoms with E-state index >= 15 is 0 Å². The van der Waals surface area contributed by atoms with Crippen molar-refractivity contribution in [1.29, 1.82) is 0 Å². The van der Waals surface area contributed by atoms with Gasteiger partial charge in [0.1, 0.15) is 24.2 Å². The van der Waals surface area contributed by atoms with Gasteiger partial charge in [-0.3, -0.25) is 9.11 Å². The average Bonchev–Trinajstić information content (AvgIpc) is 2.83. The molecule has 0 amide bonds. The van der Waals surface area contributed by atoms with Gasteiger partial charge in [-0.25, -0.2) is 8.42 Å². The first-order valence-corrected chi connectivity index (χ1v) is 17.3. The highest BCUT2D eigenvalue weighted by Crippen LogP contribution is 2.64. The Morgan fingerprint density at radius 1 is 0.569 bits per heavy atom. The number of quaternary nitrogens is 1. The SMILES string of the molecule is C[N+](C)(CCCN(CC(O)CS(=O)(=O)O)S(=O)(=O)C(F)(F)C(F)(F)C(F)(F)C(F)(F)C(F)(F)C(F)(F)C(F)(F)C(F)(F)F)CC(O)CS(=O)(=O)O. The Kier molecular flexibility index (Phi) is 14.1. The van der Waals surface area contributed by atoms with Gasteiger partial charge in [0, 0.05) is 19.5 Å². The minimum atomic E-state index is -9.11. The minimum absolute atomic E-state index is 0.750. The average molecular weight is 862 g/mol. The van der Waals surface area contributed by atoms with Crippen molar-refractivity contribution in [1.82, 2.24) is 4.31 Å². The van der Waals surface area contributed by atoms with Crippen LogP contribution >= 0.6 is 0 Å². The molecule has 32 heteroatoms. The summed E-state index contributed by atoms with van der Waals surface area (Å²) in [5.74, 6) is -56.6. The van der Waals surface area contributed by atoms with Crippen LogP contribution in [-0.2, 0) is 30.3 Å². The first-order chi connectivity index (χ1) is 21.8. The Morgan fingerprint density at radius 2 is 0.902 bits per heavy atom. The summed E-state index contributed by atoms with van der Waals surface area (Å²) in [6.07, 6.45) is -14.1. The van der Waals surface area contributed by atoms with Crippen LogP contribution < -0.4 is 0 Å². The molecular formula is C19H26F17N2O10S3+. The predicted molar refractivity (Wildman–Crippen MR) is 132 cm³/mol. The number of hydrogen-bond donors (Lipinski definition) is 4. The van der Waals surface area contributed by atoms with Gasteiger partial charge in [-0.15, -0.1) is 0 Å². The predicted octanol–water partition coefficient (Wildman–Crippen LogP) is 2.55. The molecule has 308 valence electrons. The summed E-state index contributed by atoms with van der Waals surface area (Å²) in [5, 5.41) is 11.4. The topological polar surface area (TPSA) is 187 Å². The lowest BCUT2D eigenvalue weighted by molar-refractivity contribution is -0.893. The number of nitrogens with zero attached hydrogens (tertiary/aromatic N) is 2. The van der Waals surface area contributed by atoms with Crippen molar-refractivity contribution in [2.45, 2.75) is 65.6 Å². The molecule has 0 aromatic rings. The number of halogens is 17. The third-order valence-electron chi connectivity index (χ3n) is 6.45. The molecule has 0 saturated carbocycles. The van der Waals surface area contributed by atoms with Gasteiger partial charge in [0.25, 0.3) is 30.3 Å². The van der Waals surface area contributed by atoms with E-state index < -0.39 is 142 Å². The van der Waals surface area contributed by atoms with Crippen molar-refractivity contribution < 1.29 is 124 Å². The van der Waals surface area contributed by atoms with E-state index in [1.54, 1.807) is 0 Å². The summed E-state index contributed by atoms with van der Waals surface area (Å²) in [6.45, 7) is -5.70. The number of aliphatic hydroxyl groups is 2. The molecule has 0 aromatic carbocycles. The molecule has 0 aliphatic carbocycles. The molecule has 0 spiro atoms. The van der Waals surface area contributed by atoms with Gasteiger partial charge in [-0.2, -0.15) is 95.8 Å². The lowest BCUT2D eigenvalue weighted by atomic mass is 9.91. The van der Waals surface area contributed by atoms with Gasteiger partial charge in [0.05, 0.1) is 26.7 Å². The van der Waals surface area contributed by atoms with Crippen molar-refractivity contribution >= 4 is 30.3 Å². The molecule has 0 fully saturated rings. The zero-order chi connectivity index (χ0) is 41.7. The third kappa shape index (κ3) is 9.95. The van der Waals surface area contributed by atoms with Gasteiger partial charge in [0.15, 0.2) is 0 Å². The molecule has 0 bridgehead atoms. The van der Waals surface area contributed by atoms with E-state index in [1.165, 1.54) is 0 Å². The maximum absolute atomic E-state index is 14.8. The maximum atomic E-state index is 14.8. The Bertz CT molecular complexity index is 1550. The van der Waals surface area contributed by atoms with E-state index in [-0.39, 0.29) is 0 Å². The Hall–Kier alpha value is -1.58. The van der Waals surface area contributed by atoms with E-state index in [0.29, 0.717) is 0 Å². The zero-order valence-electron chi connectivity index (χ0n) is 24.9. The standard InChI is InChI=1S/C19H25F17N2O10S3/c1-38(2,7-11(40)9-50(44,45)46)5-3-4-37(6-10(39)8-49(41,42)43)51(47,48)19(35,36)17(30,31)15(26,27)13(22,23)12(20,21)14(24,25)16(28,29)18(32,33)34/h10-11,39-40H,3-9H2,1-2H3,(H-,41,42,43,44,45,46)/p+1. The fraction of sp³-hybridized carbons (Fsp3) is 1.00. The number of rotatable bonds is 20. The second-order valence-corrected chi connectivity index (χ2v) is 16.3. The third-order valence-corrected chi connectivity index (χ3v) is 9.98. The van der Waals surface area contributed by atoms with E-state index in [1.807, 2.05) is 0 Å². The molecule has 4 N–H and O–H groups in total. The molecular weight excluding hydrogens is 835 g/mol. The second-order valence-electron chi connectivity index (χ2n) is 11.3. The van der Waals surface area contributed by atoms with Crippen molar-refractivity contribution in [2.75, 3.05) is 51.8 Å². The van der Waals surface area contributed by atoms with E-state index in [0.717, 1.165) is 14.1 Å². The molecule has 2 atom stereocenters. The number of sulfonamides is 1. The molecule has 0 aliphatic rings. The number of hydrogen-bond acceptors (Lipinski definition) is 8. The van der Waals surface area contributed by atoms with Crippen LogP contribution in [0.25, 0.3) is 0 Å². The second kappa shape index (κ2) is 14.6. The summed E-state index contributed by atoms with van der Waals surface area (Å²) >= 11 is 0. The molecule has 0 radical (unpaired) electrons. The highest BCUT2D eigenvalue weighted by Gasteiger charge is 2.96. The fourth-order valence-corrected chi connectivity index (χ4v) is 6.64. The summed E-state index contributed by atoms with van der Waals surface area (Å²) in [7, 11) is -16.3. The molecule has 2 unspecified atom stereocenters. The quantitative estimate of drug-likeness (QED) is 0.0806. The van der Waals surface area contributed by atoms with E-state index in [4.69, 9.17) is 9.11 Å². The summed E-state index contributed by atoms with van der Waals surface area (Å²) in [5.41, 5.74) is 0. The molecule has 0 aliphatic heterocycles. The van der Waals surface area contributed by atoms with Crippen LogP contribution in [0.1, 0.15) is 6.42 Å². The monoisotopic (exact) mass is 861 g/mol. The van der Waals surface area contributed by atoms with Gasteiger partial charge >= 0.3 is 47.0 Å². The van der Waals surface area contributed by atoms with Crippen LogP contribution in [0.4, 0.5) is 74.6 Å². The van der Waals surface area contributed by atoms with Crippen LogP contribution in [0.3, 0.4) is 0 Å². The van der Waals surface area contributed by atoms with Crippen molar-refractivity contribution in [3.8, 4) is 0 Å². The number of alkyl halides is 17. The normalized spacial score (nSPS) is 17.2. The number of likely N-dealkylation sites (N-methyl/N-ethyl adjacent to an activating group) is 1. The van der Waals surface area contributed by atoms with E-state index in [9.17, 15) is 110 Å². The van der Waals surface area contributed by atoms with Crippen LogP contribution in [-0.4, -0.2) is 164 Å². The summed E-state index contributed by atoms with van der Waals surface area (Å²) in [6, 6.07) is 0. The lowest BCUT2D eigenvalue weighted by Gasteiger charge is -2.43. The van der Waals surface area contributed by atoms with Crippen LogP contribution in [0.5, 0.6) is 0 Å². The van der Waals surface area contributed by atoms with Crippen LogP contribution in [0.15, 0.2) is 0 Å². The molecule has 51 heavy (non-hydrogen) atoms. The Balaban J connectivity index is 7.06. The summed E-state index contributed by atoms with van der Waals surface area (Å²) in [4.78, 5) is 0. The molecule has 0 rings (SSSR count). The highest BCUT2D eigenvalue weighted by atomic mass is 32.2. The Labute approximate surface area is 275 Å². The van der Waals surface area contributed by atoms with Crippen molar-refractivity contribution in [3.63, 3.8) is 0 Å². The molecule has 12 nitrogen and oxygen atoms in total. The minimum Gasteiger partial charge on any atom is -0.391 e. The summed E-state index contributed by atoms with van der Waals surface area (Å²) < 4.78 is 317. The first-order valence-electron chi connectivity index (χ1n) is 12.6. The number of aliphatic hydroxyl groups excluding tert-OH is 2. The fourth-order valence-electron chi connectivity index (χ4n) is 3.95. The van der Waals surface area contributed by atoms with Crippen molar-refractivity contribution in [2.24, 2.45) is 0 Å². The van der Waals surface area contributed by atoms with Gasteiger partial charge in [0.2, 0.25) is 0 Å². The molecule has 0 heterocycles. The first kappa shape index (κ1) is 49.4. The highest BCUT2D eigenvalue weighted by molar-refractivity contribution is 7.90. The van der Waals surface area contributed by atoms with Crippen molar-refractivity contribution in [3.05, 3.63) is 0 Å². The lowest BCUT2D eigenvalue weighted by Crippen LogP contribution is -2.75. The molecule has 0 aromatic heterocycles. The van der Waals surface area contributed by atoms with Gasteiger partial charge < -0.3 is 14.7 Å². The van der Waals surface area contributed by atoms with E-state index in [2.05, 4.69) is 0 Å². The van der Waals surface area contributed by atoms with Gasteiger partial charge in [-0.05, 0) is 0 Å². The van der Waals surface area contributed by atoms with Gasteiger partial charge in [-0.1, -0.05) is 0 Å². The maximum Gasteiger partial charge on any atom is 0.460 e. The Morgan fingerprint density at radius 3 is 1.25 bits per heavy atom.